The minimum Gasteiger partial charge on any atom is -0.368 e. The number of hydrogen-bond acceptors (Lipinski definition) is 4. The Morgan fingerprint density at radius 2 is 2.21 bits per heavy atom. The van der Waals surface area contributed by atoms with E-state index in [4.69, 9.17) is 5.73 Å². The number of nitrogens with two attached hydrogens (primary N) is 1. The Kier molecular flexibility index (Phi) is 3.84. The van der Waals surface area contributed by atoms with E-state index in [-0.39, 0.29) is 5.91 Å². The fraction of sp³-hybridized carbons (Fsp3) is 0.583. The van der Waals surface area contributed by atoms with Gasteiger partial charge in [-0.15, -0.1) is 0 Å². The Morgan fingerprint density at radius 3 is 2.74 bits per heavy atom. The summed E-state index contributed by atoms with van der Waals surface area (Å²) in [4.78, 5) is 26.6. The highest BCUT2D eigenvalue weighted by Crippen LogP contribution is 2.13. The standard InChI is InChI=1S/C12H19N5O2/c1-9(18)17-4-3-16(8-11(17)12(13)19)7-10-5-14-15(2)6-10/h5-6,11H,3-4,7-8H2,1-2H3,(H2,13,19). The monoisotopic (exact) mass is 265 g/mol. The lowest BCUT2D eigenvalue weighted by atomic mass is 10.1. The lowest BCUT2D eigenvalue weighted by molar-refractivity contribution is -0.141. The predicted octanol–water partition coefficient (Wildman–Crippen LogP) is -1.06. The van der Waals surface area contributed by atoms with E-state index in [0.29, 0.717) is 19.6 Å². The van der Waals surface area contributed by atoms with Gasteiger partial charge in [0, 0.05) is 51.9 Å². The molecule has 0 saturated carbocycles. The van der Waals surface area contributed by atoms with Crippen LogP contribution in [0.15, 0.2) is 12.4 Å². The number of carbonyl (C=O) groups excluding carboxylic acids is 2. The molecule has 2 amide bonds. The van der Waals surface area contributed by atoms with E-state index in [1.54, 1.807) is 15.8 Å². The number of aromatic nitrogens is 2. The maximum Gasteiger partial charge on any atom is 0.241 e. The van der Waals surface area contributed by atoms with Crippen LogP contribution in [0, 0.1) is 0 Å². The molecule has 0 aliphatic carbocycles. The van der Waals surface area contributed by atoms with Crippen LogP contribution in [0.5, 0.6) is 0 Å². The highest BCUT2D eigenvalue weighted by molar-refractivity contribution is 5.86. The van der Waals surface area contributed by atoms with Crippen molar-refractivity contribution in [2.75, 3.05) is 19.6 Å². The van der Waals surface area contributed by atoms with Gasteiger partial charge in [-0.25, -0.2) is 0 Å². The van der Waals surface area contributed by atoms with Crippen molar-refractivity contribution in [2.45, 2.75) is 19.5 Å². The quantitative estimate of drug-likeness (QED) is 0.755. The molecule has 2 heterocycles. The number of nitrogens with zero attached hydrogens (tertiary/aromatic N) is 4. The van der Waals surface area contributed by atoms with Crippen LogP contribution in [0.2, 0.25) is 0 Å². The Labute approximate surface area is 111 Å². The first kappa shape index (κ1) is 13.5. The topological polar surface area (TPSA) is 84.5 Å². The molecule has 19 heavy (non-hydrogen) atoms. The van der Waals surface area contributed by atoms with Crippen molar-refractivity contribution < 1.29 is 9.59 Å². The molecule has 1 unspecified atom stereocenters. The van der Waals surface area contributed by atoms with E-state index in [0.717, 1.165) is 12.1 Å². The van der Waals surface area contributed by atoms with E-state index < -0.39 is 11.9 Å². The van der Waals surface area contributed by atoms with Crippen molar-refractivity contribution in [1.82, 2.24) is 19.6 Å². The summed E-state index contributed by atoms with van der Waals surface area (Å²) in [6.45, 7) is 3.92. The molecule has 2 N–H and O–H groups in total. The minimum atomic E-state index is -0.539. The molecule has 1 aliphatic rings. The number of aryl methyl sites for hydroxylation is 1. The van der Waals surface area contributed by atoms with Crippen molar-refractivity contribution in [3.63, 3.8) is 0 Å². The SMILES string of the molecule is CC(=O)N1CCN(Cc2cnn(C)c2)CC1C(N)=O. The van der Waals surface area contributed by atoms with Crippen molar-refractivity contribution in [3.05, 3.63) is 18.0 Å². The molecule has 1 aliphatic heterocycles. The highest BCUT2D eigenvalue weighted by atomic mass is 16.2. The van der Waals surface area contributed by atoms with E-state index in [9.17, 15) is 9.59 Å². The summed E-state index contributed by atoms with van der Waals surface area (Å²) in [5.41, 5.74) is 6.46. The van der Waals surface area contributed by atoms with Crippen LogP contribution in [0.4, 0.5) is 0 Å². The largest absolute Gasteiger partial charge is 0.368 e. The summed E-state index contributed by atoms with van der Waals surface area (Å²) in [5.74, 6) is -0.559. The van der Waals surface area contributed by atoms with Gasteiger partial charge in [-0.05, 0) is 0 Å². The smallest absolute Gasteiger partial charge is 0.241 e. The Hall–Kier alpha value is -1.89. The summed E-state index contributed by atoms with van der Waals surface area (Å²) in [6, 6.07) is -0.539. The third kappa shape index (κ3) is 3.11. The predicted molar refractivity (Wildman–Crippen MR) is 68.9 cm³/mol. The van der Waals surface area contributed by atoms with Gasteiger partial charge in [-0.3, -0.25) is 19.2 Å². The second-order valence-electron chi connectivity index (χ2n) is 4.89. The lowest BCUT2D eigenvalue weighted by Crippen LogP contribution is -2.59. The first-order chi connectivity index (χ1) is 8.97. The van der Waals surface area contributed by atoms with Crippen LogP contribution in [0.1, 0.15) is 12.5 Å². The van der Waals surface area contributed by atoms with Crippen molar-refractivity contribution >= 4 is 11.8 Å². The van der Waals surface area contributed by atoms with Gasteiger partial charge in [-0.2, -0.15) is 5.10 Å². The molecular weight excluding hydrogens is 246 g/mol. The lowest BCUT2D eigenvalue weighted by Gasteiger charge is -2.39. The van der Waals surface area contributed by atoms with E-state index >= 15 is 0 Å². The zero-order chi connectivity index (χ0) is 14.0. The van der Waals surface area contributed by atoms with Gasteiger partial charge in [0.15, 0.2) is 0 Å². The molecule has 1 aromatic heterocycles. The van der Waals surface area contributed by atoms with Crippen LogP contribution in [0.3, 0.4) is 0 Å². The van der Waals surface area contributed by atoms with Gasteiger partial charge < -0.3 is 10.6 Å². The zero-order valence-corrected chi connectivity index (χ0v) is 11.2. The molecule has 0 spiro atoms. The molecule has 2 rings (SSSR count). The Morgan fingerprint density at radius 1 is 1.47 bits per heavy atom. The average molecular weight is 265 g/mol. The van der Waals surface area contributed by atoms with E-state index in [1.807, 2.05) is 13.2 Å². The van der Waals surface area contributed by atoms with Gasteiger partial charge in [-0.1, -0.05) is 0 Å². The fourth-order valence-electron chi connectivity index (χ4n) is 2.42. The minimum absolute atomic E-state index is 0.107. The molecule has 7 heteroatoms. The van der Waals surface area contributed by atoms with Gasteiger partial charge in [0.25, 0.3) is 0 Å². The van der Waals surface area contributed by atoms with Crippen molar-refractivity contribution in [3.8, 4) is 0 Å². The average Bonchev–Trinajstić information content (AvgIpc) is 2.74. The number of carbonyl (C=O) groups is 2. The molecule has 0 bridgehead atoms. The molecular formula is C12H19N5O2. The fourth-order valence-corrected chi connectivity index (χ4v) is 2.42. The zero-order valence-electron chi connectivity index (χ0n) is 11.2. The third-order valence-electron chi connectivity index (χ3n) is 3.36. The van der Waals surface area contributed by atoms with E-state index in [2.05, 4.69) is 10.00 Å². The maximum atomic E-state index is 11.5. The first-order valence-electron chi connectivity index (χ1n) is 6.24. The van der Waals surface area contributed by atoms with Gasteiger partial charge >= 0.3 is 0 Å². The second-order valence-corrected chi connectivity index (χ2v) is 4.89. The van der Waals surface area contributed by atoms with Crippen LogP contribution in [0.25, 0.3) is 0 Å². The Balaban J connectivity index is 2.02. The molecule has 1 saturated heterocycles. The molecule has 1 fully saturated rings. The van der Waals surface area contributed by atoms with Gasteiger partial charge in [0.05, 0.1) is 6.20 Å². The van der Waals surface area contributed by atoms with Crippen LogP contribution >= 0.6 is 0 Å². The number of primary amides is 1. The number of rotatable bonds is 3. The van der Waals surface area contributed by atoms with Gasteiger partial charge in [0.2, 0.25) is 11.8 Å². The summed E-state index contributed by atoms with van der Waals surface area (Å²) in [6.07, 6.45) is 3.74. The summed E-state index contributed by atoms with van der Waals surface area (Å²) < 4.78 is 1.74. The van der Waals surface area contributed by atoms with Crippen molar-refractivity contribution in [1.29, 1.82) is 0 Å². The second kappa shape index (κ2) is 5.40. The molecule has 0 radical (unpaired) electrons. The Bertz CT molecular complexity index is 484. The number of hydrogen-bond donors (Lipinski definition) is 1. The number of amides is 2. The molecule has 1 atom stereocenters. The van der Waals surface area contributed by atoms with Gasteiger partial charge in [0.1, 0.15) is 6.04 Å². The van der Waals surface area contributed by atoms with Crippen LogP contribution < -0.4 is 5.73 Å². The molecule has 0 aromatic carbocycles. The summed E-state index contributed by atoms with van der Waals surface area (Å²) in [7, 11) is 1.86. The van der Waals surface area contributed by atoms with E-state index in [1.165, 1.54) is 6.92 Å². The first-order valence-corrected chi connectivity index (χ1v) is 6.24. The highest BCUT2D eigenvalue weighted by Gasteiger charge is 2.32. The maximum absolute atomic E-state index is 11.5. The molecule has 1 aromatic rings. The van der Waals surface area contributed by atoms with Crippen LogP contribution in [-0.2, 0) is 23.2 Å². The summed E-state index contributed by atoms with van der Waals surface area (Å²) >= 11 is 0. The normalized spacial score (nSPS) is 20.5. The van der Waals surface area contributed by atoms with Crippen LogP contribution in [-0.4, -0.2) is 57.1 Å². The summed E-state index contributed by atoms with van der Waals surface area (Å²) in [5, 5.41) is 4.11. The third-order valence-corrected chi connectivity index (χ3v) is 3.36. The molecule has 104 valence electrons. The van der Waals surface area contributed by atoms with Crippen molar-refractivity contribution in [2.24, 2.45) is 12.8 Å². The number of piperazine rings is 1. The molecule has 7 nitrogen and oxygen atoms in total.